The standard InChI is InChI=1S/C12H11FN2OS/c1-7-3-4-9(5-10(7)13)11(16)15-12-14-6-8(2)17-12/h3-6H,1-2H3,(H,14,15,16). The lowest BCUT2D eigenvalue weighted by atomic mass is 10.1. The highest BCUT2D eigenvalue weighted by Gasteiger charge is 2.09. The van der Waals surface area contributed by atoms with Gasteiger partial charge < -0.3 is 0 Å². The summed E-state index contributed by atoms with van der Waals surface area (Å²) in [4.78, 5) is 16.8. The van der Waals surface area contributed by atoms with E-state index in [4.69, 9.17) is 0 Å². The summed E-state index contributed by atoms with van der Waals surface area (Å²) in [6, 6.07) is 4.40. The van der Waals surface area contributed by atoms with Crippen molar-refractivity contribution in [3.63, 3.8) is 0 Å². The van der Waals surface area contributed by atoms with E-state index in [1.807, 2.05) is 6.92 Å². The third kappa shape index (κ3) is 2.68. The summed E-state index contributed by atoms with van der Waals surface area (Å²) in [5.41, 5.74) is 0.813. The van der Waals surface area contributed by atoms with E-state index in [2.05, 4.69) is 10.3 Å². The van der Waals surface area contributed by atoms with Crippen molar-refractivity contribution in [2.75, 3.05) is 5.32 Å². The normalized spacial score (nSPS) is 10.3. The molecule has 0 aliphatic carbocycles. The number of rotatable bonds is 2. The summed E-state index contributed by atoms with van der Waals surface area (Å²) >= 11 is 1.38. The zero-order valence-electron chi connectivity index (χ0n) is 9.45. The number of amides is 1. The fraction of sp³-hybridized carbons (Fsp3) is 0.167. The van der Waals surface area contributed by atoms with Crippen LogP contribution in [0, 0.1) is 19.7 Å². The highest BCUT2D eigenvalue weighted by molar-refractivity contribution is 7.15. The molecule has 17 heavy (non-hydrogen) atoms. The lowest BCUT2D eigenvalue weighted by Crippen LogP contribution is -2.12. The first-order chi connectivity index (χ1) is 8.06. The van der Waals surface area contributed by atoms with Gasteiger partial charge in [-0.1, -0.05) is 6.07 Å². The van der Waals surface area contributed by atoms with Gasteiger partial charge in [0.15, 0.2) is 5.13 Å². The Kier molecular flexibility index (Phi) is 3.19. The van der Waals surface area contributed by atoms with Gasteiger partial charge in [-0.05, 0) is 31.5 Å². The van der Waals surface area contributed by atoms with Gasteiger partial charge in [-0.2, -0.15) is 0 Å². The Labute approximate surface area is 102 Å². The molecule has 3 nitrogen and oxygen atoms in total. The number of carbonyl (C=O) groups is 1. The molecule has 0 saturated carbocycles. The average molecular weight is 250 g/mol. The zero-order valence-corrected chi connectivity index (χ0v) is 10.3. The Bertz CT molecular complexity index is 565. The zero-order chi connectivity index (χ0) is 12.4. The summed E-state index contributed by atoms with van der Waals surface area (Å²) in [6.07, 6.45) is 1.68. The number of carbonyl (C=O) groups excluding carboxylic acids is 1. The van der Waals surface area contributed by atoms with Crippen molar-refractivity contribution in [2.45, 2.75) is 13.8 Å². The summed E-state index contributed by atoms with van der Waals surface area (Å²) in [6.45, 7) is 3.56. The molecule has 1 N–H and O–H groups in total. The molecule has 0 fully saturated rings. The third-order valence-electron chi connectivity index (χ3n) is 2.28. The molecule has 0 radical (unpaired) electrons. The highest BCUT2D eigenvalue weighted by Crippen LogP contribution is 2.18. The second-order valence-electron chi connectivity index (χ2n) is 3.69. The van der Waals surface area contributed by atoms with Crippen molar-refractivity contribution in [1.82, 2.24) is 4.98 Å². The molecule has 0 spiro atoms. The molecule has 0 bridgehead atoms. The maximum absolute atomic E-state index is 13.3. The first-order valence-electron chi connectivity index (χ1n) is 5.06. The maximum Gasteiger partial charge on any atom is 0.257 e. The van der Waals surface area contributed by atoms with Crippen LogP contribution < -0.4 is 5.32 Å². The largest absolute Gasteiger partial charge is 0.298 e. The smallest absolute Gasteiger partial charge is 0.257 e. The summed E-state index contributed by atoms with van der Waals surface area (Å²) in [5.74, 6) is -0.730. The maximum atomic E-state index is 13.3. The van der Waals surface area contributed by atoms with Crippen LogP contribution in [-0.4, -0.2) is 10.9 Å². The van der Waals surface area contributed by atoms with Gasteiger partial charge >= 0.3 is 0 Å². The number of nitrogens with one attached hydrogen (secondary N) is 1. The predicted octanol–water partition coefficient (Wildman–Crippen LogP) is 3.15. The lowest BCUT2D eigenvalue weighted by molar-refractivity contribution is 0.102. The quantitative estimate of drug-likeness (QED) is 0.889. The minimum Gasteiger partial charge on any atom is -0.298 e. The molecule has 0 atom stereocenters. The molecule has 1 amide bonds. The monoisotopic (exact) mass is 250 g/mol. The molecule has 1 aromatic heterocycles. The number of anilines is 1. The van der Waals surface area contributed by atoms with E-state index in [1.54, 1.807) is 25.3 Å². The van der Waals surface area contributed by atoms with Crippen LogP contribution >= 0.6 is 11.3 Å². The van der Waals surface area contributed by atoms with Gasteiger partial charge in [0.2, 0.25) is 0 Å². The van der Waals surface area contributed by atoms with Gasteiger partial charge in [0.05, 0.1) is 0 Å². The Morgan fingerprint density at radius 2 is 2.18 bits per heavy atom. The lowest BCUT2D eigenvalue weighted by Gasteiger charge is -2.03. The summed E-state index contributed by atoms with van der Waals surface area (Å²) in [7, 11) is 0. The number of hydrogen-bond acceptors (Lipinski definition) is 3. The molecule has 88 valence electrons. The molecule has 5 heteroatoms. The second-order valence-corrected chi connectivity index (χ2v) is 4.93. The van der Waals surface area contributed by atoms with E-state index < -0.39 is 0 Å². The number of thiazole rings is 1. The first-order valence-corrected chi connectivity index (χ1v) is 5.88. The summed E-state index contributed by atoms with van der Waals surface area (Å²) in [5, 5.41) is 3.15. The van der Waals surface area contributed by atoms with Gasteiger partial charge in [0.25, 0.3) is 5.91 Å². The van der Waals surface area contributed by atoms with Gasteiger partial charge in [-0.25, -0.2) is 9.37 Å². The van der Waals surface area contributed by atoms with Crippen molar-refractivity contribution < 1.29 is 9.18 Å². The van der Waals surface area contributed by atoms with Crippen LogP contribution in [0.1, 0.15) is 20.8 Å². The first kappa shape index (κ1) is 11.7. The van der Waals surface area contributed by atoms with Gasteiger partial charge in [-0.3, -0.25) is 10.1 Å². The summed E-state index contributed by atoms with van der Waals surface area (Å²) < 4.78 is 13.3. The molecule has 0 aliphatic rings. The van der Waals surface area contributed by atoms with Crippen LogP contribution in [0.2, 0.25) is 0 Å². The van der Waals surface area contributed by atoms with Crippen LogP contribution in [0.15, 0.2) is 24.4 Å². The van der Waals surface area contributed by atoms with Crippen molar-refractivity contribution in [3.8, 4) is 0 Å². The molecular weight excluding hydrogens is 239 g/mol. The minimum atomic E-state index is -0.382. The van der Waals surface area contributed by atoms with Gasteiger partial charge in [0, 0.05) is 16.6 Å². The van der Waals surface area contributed by atoms with Gasteiger partial charge in [0.1, 0.15) is 5.82 Å². The Hall–Kier alpha value is -1.75. The molecular formula is C12H11FN2OS. The van der Waals surface area contributed by atoms with Crippen molar-refractivity contribution in [2.24, 2.45) is 0 Å². The van der Waals surface area contributed by atoms with E-state index in [-0.39, 0.29) is 11.7 Å². The molecule has 0 aliphatic heterocycles. The van der Waals surface area contributed by atoms with E-state index in [1.165, 1.54) is 17.4 Å². The number of aryl methyl sites for hydroxylation is 2. The number of nitrogens with zero attached hydrogens (tertiary/aromatic N) is 1. The average Bonchev–Trinajstić information content (AvgIpc) is 2.68. The topological polar surface area (TPSA) is 42.0 Å². The van der Waals surface area contributed by atoms with Crippen molar-refractivity contribution in [1.29, 1.82) is 0 Å². The van der Waals surface area contributed by atoms with Crippen LogP contribution in [0.3, 0.4) is 0 Å². The highest BCUT2D eigenvalue weighted by atomic mass is 32.1. The predicted molar refractivity (Wildman–Crippen MR) is 65.9 cm³/mol. The van der Waals surface area contributed by atoms with E-state index in [0.29, 0.717) is 16.3 Å². The number of halogens is 1. The number of hydrogen-bond donors (Lipinski definition) is 1. The molecule has 0 saturated heterocycles. The second kappa shape index (κ2) is 4.63. The van der Waals surface area contributed by atoms with Crippen LogP contribution in [0.25, 0.3) is 0 Å². The van der Waals surface area contributed by atoms with Crippen LogP contribution in [0.4, 0.5) is 9.52 Å². The van der Waals surface area contributed by atoms with E-state index in [0.717, 1.165) is 4.88 Å². The Morgan fingerprint density at radius 1 is 1.41 bits per heavy atom. The molecule has 2 aromatic rings. The van der Waals surface area contributed by atoms with E-state index >= 15 is 0 Å². The third-order valence-corrected chi connectivity index (χ3v) is 3.10. The molecule has 1 aromatic carbocycles. The molecule has 0 unspecified atom stereocenters. The van der Waals surface area contributed by atoms with Crippen molar-refractivity contribution in [3.05, 3.63) is 46.2 Å². The fourth-order valence-corrected chi connectivity index (χ4v) is 1.98. The van der Waals surface area contributed by atoms with Crippen LogP contribution in [-0.2, 0) is 0 Å². The Morgan fingerprint density at radius 3 is 2.76 bits per heavy atom. The fourth-order valence-electron chi connectivity index (χ4n) is 1.32. The van der Waals surface area contributed by atoms with Crippen molar-refractivity contribution >= 4 is 22.4 Å². The van der Waals surface area contributed by atoms with E-state index in [9.17, 15) is 9.18 Å². The van der Waals surface area contributed by atoms with Gasteiger partial charge in [-0.15, -0.1) is 11.3 Å². The number of benzene rings is 1. The Balaban J connectivity index is 2.17. The van der Waals surface area contributed by atoms with Crippen LogP contribution in [0.5, 0.6) is 0 Å². The molecule has 2 rings (SSSR count). The number of aromatic nitrogens is 1. The molecule has 1 heterocycles. The SMILES string of the molecule is Cc1cnc(NC(=O)c2ccc(C)c(F)c2)s1. The minimum absolute atomic E-state index is 0.293.